The zero-order chi connectivity index (χ0) is 16.5. The number of hydrogen-bond donors (Lipinski definition) is 2. The van der Waals surface area contributed by atoms with E-state index in [2.05, 4.69) is 10.6 Å². The SMILES string of the molecule is CSCC(=O)Nc1ccccc1C(=O)NCCc1ccccc1. The van der Waals surface area contributed by atoms with Crippen LogP contribution >= 0.6 is 11.8 Å². The van der Waals surface area contributed by atoms with Crippen LogP contribution in [0.5, 0.6) is 0 Å². The highest BCUT2D eigenvalue weighted by Gasteiger charge is 2.12. The molecule has 5 heteroatoms. The summed E-state index contributed by atoms with van der Waals surface area (Å²) in [7, 11) is 0. The maximum Gasteiger partial charge on any atom is 0.253 e. The molecule has 2 aromatic rings. The molecule has 0 atom stereocenters. The van der Waals surface area contributed by atoms with E-state index in [1.165, 1.54) is 17.3 Å². The van der Waals surface area contributed by atoms with E-state index in [4.69, 9.17) is 0 Å². The van der Waals surface area contributed by atoms with E-state index in [-0.39, 0.29) is 11.8 Å². The summed E-state index contributed by atoms with van der Waals surface area (Å²) in [5.74, 6) is 0.0762. The predicted molar refractivity (Wildman–Crippen MR) is 95.9 cm³/mol. The Bertz CT molecular complexity index is 659. The van der Waals surface area contributed by atoms with Crippen molar-refractivity contribution in [3.63, 3.8) is 0 Å². The summed E-state index contributed by atoms with van der Waals surface area (Å²) in [6.45, 7) is 0.552. The third kappa shape index (κ3) is 5.45. The quantitative estimate of drug-likeness (QED) is 0.821. The Labute approximate surface area is 140 Å². The van der Waals surface area contributed by atoms with Crippen molar-refractivity contribution in [1.82, 2.24) is 5.32 Å². The Hall–Kier alpha value is -2.27. The Morgan fingerprint density at radius 1 is 1.00 bits per heavy atom. The van der Waals surface area contributed by atoms with E-state index in [1.54, 1.807) is 24.3 Å². The largest absolute Gasteiger partial charge is 0.352 e. The fraction of sp³-hybridized carbons (Fsp3) is 0.222. The van der Waals surface area contributed by atoms with Crippen LogP contribution in [0.4, 0.5) is 5.69 Å². The summed E-state index contributed by atoms with van der Waals surface area (Å²) in [5, 5.41) is 5.68. The standard InChI is InChI=1S/C18H20N2O2S/c1-23-13-17(21)20-16-10-6-5-9-15(16)18(22)19-12-11-14-7-3-2-4-8-14/h2-10H,11-13H2,1H3,(H,19,22)(H,20,21). The number of carbonyl (C=O) groups is 2. The molecule has 0 spiro atoms. The minimum absolute atomic E-state index is 0.109. The second-order valence-corrected chi connectivity index (χ2v) is 5.88. The van der Waals surface area contributed by atoms with Gasteiger partial charge in [0.15, 0.2) is 0 Å². The molecule has 0 unspecified atom stereocenters. The van der Waals surface area contributed by atoms with Crippen LogP contribution in [0.25, 0.3) is 0 Å². The molecule has 2 amide bonds. The summed E-state index contributed by atoms with van der Waals surface area (Å²) in [6.07, 6.45) is 2.63. The summed E-state index contributed by atoms with van der Waals surface area (Å²) >= 11 is 1.44. The Morgan fingerprint density at radius 2 is 1.70 bits per heavy atom. The molecule has 0 aromatic heterocycles. The molecule has 0 saturated heterocycles. The van der Waals surface area contributed by atoms with Crippen molar-refractivity contribution < 1.29 is 9.59 Å². The highest BCUT2D eigenvalue weighted by Crippen LogP contribution is 2.15. The van der Waals surface area contributed by atoms with Gasteiger partial charge in [-0.05, 0) is 30.4 Å². The van der Waals surface area contributed by atoms with Gasteiger partial charge in [0, 0.05) is 6.54 Å². The summed E-state index contributed by atoms with van der Waals surface area (Å²) < 4.78 is 0. The number of thioether (sulfide) groups is 1. The number of hydrogen-bond acceptors (Lipinski definition) is 3. The van der Waals surface area contributed by atoms with Crippen LogP contribution in [-0.2, 0) is 11.2 Å². The van der Waals surface area contributed by atoms with Crippen LogP contribution in [0.1, 0.15) is 15.9 Å². The summed E-state index contributed by atoms with van der Waals surface area (Å²) in [5.41, 5.74) is 2.20. The summed E-state index contributed by atoms with van der Waals surface area (Å²) in [6, 6.07) is 17.0. The molecule has 0 aliphatic carbocycles. The first-order valence-electron chi connectivity index (χ1n) is 7.40. The van der Waals surface area contributed by atoms with Gasteiger partial charge in [0.25, 0.3) is 5.91 Å². The average Bonchev–Trinajstić information content (AvgIpc) is 2.56. The van der Waals surface area contributed by atoms with Crippen molar-refractivity contribution in [3.8, 4) is 0 Å². The lowest BCUT2D eigenvalue weighted by Crippen LogP contribution is -2.27. The molecular formula is C18H20N2O2S. The van der Waals surface area contributed by atoms with Crippen LogP contribution in [0.3, 0.4) is 0 Å². The van der Waals surface area contributed by atoms with E-state index >= 15 is 0 Å². The number of nitrogens with one attached hydrogen (secondary N) is 2. The van der Waals surface area contributed by atoms with E-state index < -0.39 is 0 Å². The lowest BCUT2D eigenvalue weighted by molar-refractivity contribution is -0.113. The molecule has 0 saturated carbocycles. The zero-order valence-electron chi connectivity index (χ0n) is 13.0. The van der Waals surface area contributed by atoms with Crippen molar-refractivity contribution in [1.29, 1.82) is 0 Å². The van der Waals surface area contributed by atoms with E-state index in [9.17, 15) is 9.59 Å². The lowest BCUT2D eigenvalue weighted by Gasteiger charge is -2.11. The molecule has 23 heavy (non-hydrogen) atoms. The monoisotopic (exact) mass is 328 g/mol. The molecule has 2 rings (SSSR count). The van der Waals surface area contributed by atoms with Gasteiger partial charge >= 0.3 is 0 Å². The number of benzene rings is 2. The van der Waals surface area contributed by atoms with Crippen LogP contribution < -0.4 is 10.6 Å². The molecule has 0 fully saturated rings. The molecule has 0 aliphatic heterocycles. The minimum Gasteiger partial charge on any atom is -0.352 e. The van der Waals surface area contributed by atoms with Crippen molar-refractivity contribution in [2.24, 2.45) is 0 Å². The highest BCUT2D eigenvalue weighted by molar-refractivity contribution is 7.99. The molecule has 2 aromatic carbocycles. The van der Waals surface area contributed by atoms with Gasteiger partial charge in [-0.15, -0.1) is 0 Å². The second-order valence-electron chi connectivity index (χ2n) is 5.02. The smallest absolute Gasteiger partial charge is 0.253 e. The van der Waals surface area contributed by atoms with Gasteiger partial charge in [-0.2, -0.15) is 11.8 Å². The first-order chi connectivity index (χ1) is 11.2. The van der Waals surface area contributed by atoms with Gasteiger partial charge in [-0.1, -0.05) is 42.5 Å². The van der Waals surface area contributed by atoms with E-state index in [0.717, 1.165) is 6.42 Å². The number of carbonyl (C=O) groups excluding carboxylic acids is 2. The molecule has 0 radical (unpaired) electrons. The molecule has 0 aliphatic rings. The van der Waals surface area contributed by atoms with Crippen molar-refractivity contribution in [3.05, 3.63) is 65.7 Å². The van der Waals surface area contributed by atoms with Crippen LogP contribution in [0.2, 0.25) is 0 Å². The number of rotatable bonds is 7. The molecule has 0 heterocycles. The van der Waals surface area contributed by atoms with Crippen molar-refractivity contribution in [2.45, 2.75) is 6.42 Å². The molecule has 0 bridgehead atoms. The Morgan fingerprint density at radius 3 is 2.43 bits per heavy atom. The number of anilines is 1. The third-order valence-electron chi connectivity index (χ3n) is 3.26. The van der Waals surface area contributed by atoms with E-state index in [1.807, 2.05) is 36.6 Å². The van der Waals surface area contributed by atoms with Crippen LogP contribution in [0.15, 0.2) is 54.6 Å². The minimum atomic E-state index is -0.180. The Balaban J connectivity index is 1.95. The van der Waals surface area contributed by atoms with Crippen molar-refractivity contribution >= 4 is 29.3 Å². The molecule has 4 nitrogen and oxygen atoms in total. The molecule has 120 valence electrons. The van der Waals surface area contributed by atoms with Crippen LogP contribution in [0, 0.1) is 0 Å². The maximum absolute atomic E-state index is 12.3. The van der Waals surface area contributed by atoms with E-state index in [0.29, 0.717) is 23.5 Å². The molecular weight excluding hydrogens is 308 g/mol. The topological polar surface area (TPSA) is 58.2 Å². The van der Waals surface area contributed by atoms with Gasteiger partial charge in [-0.25, -0.2) is 0 Å². The highest BCUT2D eigenvalue weighted by atomic mass is 32.2. The normalized spacial score (nSPS) is 10.1. The summed E-state index contributed by atoms with van der Waals surface area (Å²) in [4.78, 5) is 24.1. The first-order valence-corrected chi connectivity index (χ1v) is 8.80. The van der Waals surface area contributed by atoms with Gasteiger partial charge in [0.2, 0.25) is 5.91 Å². The average molecular weight is 328 g/mol. The first kappa shape index (κ1) is 17.1. The van der Waals surface area contributed by atoms with Gasteiger partial charge in [0.05, 0.1) is 17.0 Å². The van der Waals surface area contributed by atoms with Gasteiger partial charge in [0.1, 0.15) is 0 Å². The Kier molecular flexibility index (Phi) is 6.69. The fourth-order valence-corrected chi connectivity index (χ4v) is 2.50. The number of amides is 2. The molecule has 2 N–H and O–H groups in total. The van der Waals surface area contributed by atoms with Crippen LogP contribution in [-0.4, -0.2) is 30.4 Å². The maximum atomic E-state index is 12.3. The number of para-hydroxylation sites is 1. The fourth-order valence-electron chi connectivity index (χ4n) is 2.17. The van der Waals surface area contributed by atoms with Gasteiger partial charge in [-0.3, -0.25) is 9.59 Å². The van der Waals surface area contributed by atoms with Crippen molar-refractivity contribution in [2.75, 3.05) is 23.9 Å². The second kappa shape index (κ2) is 9.00. The van der Waals surface area contributed by atoms with Gasteiger partial charge < -0.3 is 10.6 Å². The lowest BCUT2D eigenvalue weighted by atomic mass is 10.1. The zero-order valence-corrected chi connectivity index (χ0v) is 13.9. The third-order valence-corrected chi connectivity index (χ3v) is 3.81. The predicted octanol–water partition coefficient (Wildman–Crippen LogP) is 2.96.